The molecule has 2 N–H and O–H groups in total. The SMILES string of the molecule is Cc1cccc(NC(=S)Nc2cc(C)ccn2)c1. The van der Waals surface area contributed by atoms with Crippen LogP contribution in [0.25, 0.3) is 0 Å². The number of anilines is 2. The van der Waals surface area contributed by atoms with Crippen molar-refractivity contribution >= 4 is 28.8 Å². The molecule has 0 aliphatic carbocycles. The second kappa shape index (κ2) is 5.60. The highest BCUT2D eigenvalue weighted by molar-refractivity contribution is 7.80. The number of nitrogens with one attached hydrogen (secondary N) is 2. The van der Waals surface area contributed by atoms with Crippen molar-refractivity contribution in [2.75, 3.05) is 10.6 Å². The van der Waals surface area contributed by atoms with E-state index < -0.39 is 0 Å². The normalized spacial score (nSPS) is 9.89. The maximum atomic E-state index is 5.24. The molecule has 0 unspecified atom stereocenters. The second-order valence-corrected chi connectivity index (χ2v) is 4.58. The lowest BCUT2D eigenvalue weighted by molar-refractivity contribution is 1.28. The van der Waals surface area contributed by atoms with Crippen LogP contribution in [0.4, 0.5) is 11.5 Å². The van der Waals surface area contributed by atoms with Gasteiger partial charge in [-0.05, 0) is 61.5 Å². The van der Waals surface area contributed by atoms with Crippen molar-refractivity contribution in [3.05, 3.63) is 53.7 Å². The molecule has 0 saturated heterocycles. The maximum absolute atomic E-state index is 5.24. The minimum atomic E-state index is 0.540. The lowest BCUT2D eigenvalue weighted by atomic mass is 10.2. The summed E-state index contributed by atoms with van der Waals surface area (Å²) in [7, 11) is 0. The van der Waals surface area contributed by atoms with E-state index in [1.807, 2.05) is 50.2 Å². The lowest BCUT2D eigenvalue weighted by Crippen LogP contribution is -2.19. The molecule has 0 aliphatic rings. The van der Waals surface area contributed by atoms with Crippen LogP contribution < -0.4 is 10.6 Å². The standard InChI is InChI=1S/C14H15N3S/c1-10-4-3-5-12(8-10)16-14(18)17-13-9-11(2)6-7-15-13/h3-9H,1-2H3,(H2,15,16,17,18). The van der Waals surface area contributed by atoms with Gasteiger partial charge < -0.3 is 10.6 Å². The van der Waals surface area contributed by atoms with Crippen LogP contribution in [0, 0.1) is 13.8 Å². The van der Waals surface area contributed by atoms with Gasteiger partial charge in [0.15, 0.2) is 5.11 Å². The van der Waals surface area contributed by atoms with E-state index in [1.165, 1.54) is 5.56 Å². The van der Waals surface area contributed by atoms with E-state index >= 15 is 0 Å². The largest absolute Gasteiger partial charge is 0.332 e. The molecule has 0 bridgehead atoms. The first-order valence-electron chi connectivity index (χ1n) is 5.71. The highest BCUT2D eigenvalue weighted by Gasteiger charge is 2.00. The summed E-state index contributed by atoms with van der Waals surface area (Å²) >= 11 is 5.24. The average Bonchev–Trinajstić information content (AvgIpc) is 2.28. The fourth-order valence-corrected chi connectivity index (χ4v) is 1.83. The van der Waals surface area contributed by atoms with Gasteiger partial charge in [0.1, 0.15) is 5.82 Å². The molecule has 18 heavy (non-hydrogen) atoms. The van der Waals surface area contributed by atoms with Crippen molar-refractivity contribution in [3.8, 4) is 0 Å². The number of aryl methyl sites for hydroxylation is 2. The van der Waals surface area contributed by atoms with Crippen LogP contribution in [0.3, 0.4) is 0 Å². The van der Waals surface area contributed by atoms with E-state index in [-0.39, 0.29) is 0 Å². The van der Waals surface area contributed by atoms with Crippen LogP contribution in [-0.2, 0) is 0 Å². The van der Waals surface area contributed by atoms with Crippen LogP contribution in [0.5, 0.6) is 0 Å². The van der Waals surface area contributed by atoms with E-state index in [1.54, 1.807) is 6.20 Å². The zero-order valence-electron chi connectivity index (χ0n) is 10.4. The Labute approximate surface area is 112 Å². The van der Waals surface area contributed by atoms with Crippen molar-refractivity contribution in [2.45, 2.75) is 13.8 Å². The zero-order chi connectivity index (χ0) is 13.0. The Morgan fingerprint density at radius 3 is 2.56 bits per heavy atom. The van der Waals surface area contributed by atoms with Gasteiger partial charge in [0.2, 0.25) is 0 Å². The summed E-state index contributed by atoms with van der Waals surface area (Å²) in [4.78, 5) is 4.20. The Morgan fingerprint density at radius 1 is 1.06 bits per heavy atom. The molecule has 0 spiro atoms. The van der Waals surface area contributed by atoms with Crippen molar-refractivity contribution < 1.29 is 0 Å². The summed E-state index contributed by atoms with van der Waals surface area (Å²) in [5.74, 6) is 0.750. The molecule has 3 nitrogen and oxygen atoms in total. The summed E-state index contributed by atoms with van der Waals surface area (Å²) in [5.41, 5.74) is 3.31. The first kappa shape index (κ1) is 12.5. The van der Waals surface area contributed by atoms with Gasteiger partial charge in [-0.25, -0.2) is 4.98 Å². The highest BCUT2D eigenvalue weighted by Crippen LogP contribution is 2.11. The molecule has 92 valence electrons. The third-order valence-electron chi connectivity index (χ3n) is 2.43. The van der Waals surface area contributed by atoms with Crippen molar-refractivity contribution in [1.82, 2.24) is 4.98 Å². The summed E-state index contributed by atoms with van der Waals surface area (Å²) in [6.07, 6.45) is 1.76. The molecule has 1 aromatic heterocycles. The number of thiocarbonyl (C=S) groups is 1. The summed E-state index contributed by atoms with van der Waals surface area (Å²) in [5, 5.41) is 6.73. The van der Waals surface area contributed by atoms with E-state index in [9.17, 15) is 0 Å². The number of aromatic nitrogens is 1. The molecule has 2 rings (SSSR count). The van der Waals surface area contributed by atoms with Gasteiger partial charge in [0.05, 0.1) is 0 Å². The van der Waals surface area contributed by atoms with Crippen molar-refractivity contribution in [2.24, 2.45) is 0 Å². The van der Waals surface area contributed by atoms with Gasteiger partial charge in [-0.1, -0.05) is 12.1 Å². The van der Waals surface area contributed by atoms with E-state index in [2.05, 4.69) is 15.6 Å². The smallest absolute Gasteiger partial charge is 0.176 e. The Bertz CT molecular complexity index is 517. The maximum Gasteiger partial charge on any atom is 0.176 e. The number of hydrogen-bond acceptors (Lipinski definition) is 2. The number of benzene rings is 1. The molecule has 4 heteroatoms. The van der Waals surface area contributed by atoms with E-state index in [0.29, 0.717) is 5.11 Å². The van der Waals surface area contributed by atoms with Gasteiger partial charge >= 0.3 is 0 Å². The Kier molecular flexibility index (Phi) is 3.89. The van der Waals surface area contributed by atoms with Crippen LogP contribution in [-0.4, -0.2) is 10.1 Å². The monoisotopic (exact) mass is 257 g/mol. The quantitative estimate of drug-likeness (QED) is 0.807. The molecular formula is C14H15N3S. The number of nitrogens with zero attached hydrogens (tertiary/aromatic N) is 1. The molecule has 0 amide bonds. The molecular weight excluding hydrogens is 242 g/mol. The molecule has 1 aromatic carbocycles. The summed E-state index contributed by atoms with van der Waals surface area (Å²) in [6, 6.07) is 11.9. The molecule has 0 atom stereocenters. The molecule has 0 fully saturated rings. The molecule has 0 radical (unpaired) electrons. The molecule has 0 saturated carbocycles. The van der Waals surface area contributed by atoms with Crippen LogP contribution >= 0.6 is 12.2 Å². The van der Waals surface area contributed by atoms with Gasteiger partial charge in [-0.3, -0.25) is 0 Å². The summed E-state index contributed by atoms with van der Waals surface area (Å²) < 4.78 is 0. The minimum absolute atomic E-state index is 0.540. The van der Waals surface area contributed by atoms with Crippen molar-refractivity contribution in [3.63, 3.8) is 0 Å². The average molecular weight is 257 g/mol. The zero-order valence-corrected chi connectivity index (χ0v) is 11.2. The predicted molar refractivity (Wildman–Crippen MR) is 80.0 cm³/mol. The summed E-state index contributed by atoms with van der Waals surface area (Å²) in [6.45, 7) is 4.06. The molecule has 0 aliphatic heterocycles. The second-order valence-electron chi connectivity index (χ2n) is 4.17. The van der Waals surface area contributed by atoms with Gasteiger partial charge in [0.25, 0.3) is 0 Å². The first-order valence-corrected chi connectivity index (χ1v) is 6.11. The minimum Gasteiger partial charge on any atom is -0.332 e. The molecule has 1 heterocycles. The van der Waals surface area contributed by atoms with Gasteiger partial charge in [-0.15, -0.1) is 0 Å². The Hall–Kier alpha value is -1.94. The topological polar surface area (TPSA) is 37.0 Å². The number of hydrogen-bond donors (Lipinski definition) is 2. The van der Waals surface area contributed by atoms with Crippen molar-refractivity contribution in [1.29, 1.82) is 0 Å². The Morgan fingerprint density at radius 2 is 1.83 bits per heavy atom. The number of pyridine rings is 1. The van der Waals surface area contributed by atoms with Gasteiger partial charge in [0, 0.05) is 11.9 Å². The fraction of sp³-hybridized carbons (Fsp3) is 0.143. The van der Waals surface area contributed by atoms with Gasteiger partial charge in [-0.2, -0.15) is 0 Å². The van der Waals surface area contributed by atoms with E-state index in [0.717, 1.165) is 17.1 Å². The van der Waals surface area contributed by atoms with Crippen LogP contribution in [0.1, 0.15) is 11.1 Å². The highest BCUT2D eigenvalue weighted by atomic mass is 32.1. The number of rotatable bonds is 2. The van der Waals surface area contributed by atoms with E-state index in [4.69, 9.17) is 12.2 Å². The van der Waals surface area contributed by atoms with Crippen LogP contribution in [0.15, 0.2) is 42.6 Å². The lowest BCUT2D eigenvalue weighted by Gasteiger charge is -2.10. The van der Waals surface area contributed by atoms with Crippen LogP contribution in [0.2, 0.25) is 0 Å². The fourth-order valence-electron chi connectivity index (χ4n) is 1.61. The predicted octanol–water partition coefficient (Wildman–Crippen LogP) is 3.51. The Balaban J connectivity index is 2.01. The molecule has 2 aromatic rings. The first-order chi connectivity index (χ1) is 8.63. The third-order valence-corrected chi connectivity index (χ3v) is 2.64. The third kappa shape index (κ3) is 3.53.